The fourth-order valence-electron chi connectivity index (χ4n) is 2.40. The SMILES string of the molecule is Cc1nc(C)nc(NC(=O)NS(=O)(=O)c2c(C(=O)O)sc3ccccc23)n1. The predicted molar refractivity (Wildman–Crippen MR) is 97.4 cm³/mol. The molecular weight excluding hydrogens is 394 g/mol. The van der Waals surface area contributed by atoms with Crippen molar-refractivity contribution in [3.05, 3.63) is 40.8 Å². The number of carbonyl (C=O) groups excluding carboxylic acids is 1. The van der Waals surface area contributed by atoms with Crippen molar-refractivity contribution in [3.63, 3.8) is 0 Å². The number of carboxylic acids is 1. The monoisotopic (exact) mass is 407 g/mol. The van der Waals surface area contributed by atoms with Crippen LogP contribution in [0.5, 0.6) is 0 Å². The summed E-state index contributed by atoms with van der Waals surface area (Å²) in [5, 5.41) is 11.8. The molecule has 0 spiro atoms. The lowest BCUT2D eigenvalue weighted by Gasteiger charge is -2.08. The largest absolute Gasteiger partial charge is 0.477 e. The Morgan fingerprint density at radius 3 is 2.33 bits per heavy atom. The molecule has 27 heavy (non-hydrogen) atoms. The van der Waals surface area contributed by atoms with E-state index in [0.717, 1.165) is 11.3 Å². The summed E-state index contributed by atoms with van der Waals surface area (Å²) in [6.45, 7) is 3.18. The zero-order chi connectivity index (χ0) is 19.8. The molecule has 0 aliphatic rings. The van der Waals surface area contributed by atoms with Crippen LogP contribution in [-0.2, 0) is 10.0 Å². The molecule has 12 heteroatoms. The van der Waals surface area contributed by atoms with Crippen LogP contribution in [0, 0.1) is 13.8 Å². The van der Waals surface area contributed by atoms with Crippen molar-refractivity contribution in [2.45, 2.75) is 18.7 Å². The Morgan fingerprint density at radius 1 is 1.07 bits per heavy atom. The highest BCUT2D eigenvalue weighted by atomic mass is 32.2. The van der Waals surface area contributed by atoms with Gasteiger partial charge >= 0.3 is 12.0 Å². The van der Waals surface area contributed by atoms with Gasteiger partial charge in [0, 0.05) is 10.1 Å². The van der Waals surface area contributed by atoms with Gasteiger partial charge in [0.05, 0.1) is 0 Å². The number of nitrogens with one attached hydrogen (secondary N) is 2. The third kappa shape index (κ3) is 3.85. The number of carboxylic acid groups (broad SMARTS) is 1. The molecule has 10 nitrogen and oxygen atoms in total. The molecule has 3 N–H and O–H groups in total. The summed E-state index contributed by atoms with van der Waals surface area (Å²) in [6, 6.07) is 5.19. The number of urea groups is 1. The molecule has 2 aromatic heterocycles. The number of hydrogen-bond acceptors (Lipinski definition) is 8. The molecular formula is C15H13N5O5S2. The highest BCUT2D eigenvalue weighted by molar-refractivity contribution is 7.90. The number of rotatable bonds is 4. The Morgan fingerprint density at radius 2 is 1.70 bits per heavy atom. The van der Waals surface area contributed by atoms with Crippen molar-refractivity contribution in [3.8, 4) is 0 Å². The first-order chi connectivity index (χ1) is 12.7. The minimum Gasteiger partial charge on any atom is -0.477 e. The number of anilines is 1. The summed E-state index contributed by atoms with van der Waals surface area (Å²) in [4.78, 5) is 34.5. The summed E-state index contributed by atoms with van der Waals surface area (Å²) in [7, 11) is -4.46. The number of amides is 2. The number of fused-ring (bicyclic) bond motifs is 1. The molecule has 0 aliphatic carbocycles. The van der Waals surface area contributed by atoms with Crippen LogP contribution in [0.4, 0.5) is 10.7 Å². The minimum atomic E-state index is -4.46. The maximum absolute atomic E-state index is 12.7. The third-order valence-electron chi connectivity index (χ3n) is 3.32. The van der Waals surface area contributed by atoms with Crippen molar-refractivity contribution in [2.75, 3.05) is 5.32 Å². The second-order valence-electron chi connectivity index (χ2n) is 5.37. The Hall–Kier alpha value is -3.12. The van der Waals surface area contributed by atoms with Gasteiger partial charge in [0.15, 0.2) is 0 Å². The predicted octanol–water partition coefficient (Wildman–Crippen LogP) is 1.91. The first-order valence-electron chi connectivity index (χ1n) is 7.45. The summed E-state index contributed by atoms with van der Waals surface area (Å²) >= 11 is 0.810. The maximum atomic E-state index is 12.7. The van der Waals surface area contributed by atoms with E-state index < -0.39 is 26.9 Å². The highest BCUT2D eigenvalue weighted by Gasteiger charge is 2.29. The molecule has 3 aromatic rings. The van der Waals surface area contributed by atoms with Crippen LogP contribution in [0.2, 0.25) is 0 Å². The number of carbonyl (C=O) groups is 2. The lowest BCUT2D eigenvalue weighted by Crippen LogP contribution is -2.35. The molecule has 0 fully saturated rings. The van der Waals surface area contributed by atoms with Crippen LogP contribution in [0.3, 0.4) is 0 Å². The topological polar surface area (TPSA) is 151 Å². The number of hydrogen-bond donors (Lipinski definition) is 3. The number of aromatic carboxylic acids is 1. The molecule has 2 heterocycles. The fourth-order valence-corrected chi connectivity index (χ4v) is 5.05. The molecule has 0 aliphatic heterocycles. The van der Waals surface area contributed by atoms with Gasteiger partial charge in [0.1, 0.15) is 21.4 Å². The molecule has 0 radical (unpaired) electrons. The number of aryl methyl sites for hydroxylation is 2. The van der Waals surface area contributed by atoms with Crippen LogP contribution in [0.15, 0.2) is 29.2 Å². The standard InChI is InChI=1S/C15H13N5O5S2/c1-7-16-8(2)18-14(17-7)19-15(23)20-27(24,25)12-9-5-3-4-6-10(9)26-11(12)13(21)22/h3-6H,1-2H3,(H,21,22)(H2,16,17,18,19,20,23). The average Bonchev–Trinajstić information content (AvgIpc) is 2.93. The van der Waals surface area contributed by atoms with Crippen molar-refractivity contribution < 1.29 is 23.1 Å². The third-order valence-corrected chi connectivity index (χ3v) is 6.03. The van der Waals surface area contributed by atoms with E-state index in [1.165, 1.54) is 6.07 Å². The van der Waals surface area contributed by atoms with E-state index in [2.05, 4.69) is 20.3 Å². The van der Waals surface area contributed by atoms with Gasteiger partial charge in [-0.1, -0.05) is 18.2 Å². The Labute approximate surface area is 157 Å². The number of benzene rings is 1. The van der Waals surface area contributed by atoms with Crippen molar-refractivity contribution in [2.24, 2.45) is 0 Å². The van der Waals surface area contributed by atoms with E-state index >= 15 is 0 Å². The van der Waals surface area contributed by atoms with E-state index in [1.807, 2.05) is 0 Å². The van der Waals surface area contributed by atoms with Gasteiger partial charge in [0.2, 0.25) is 5.95 Å². The summed E-state index contributed by atoms with van der Waals surface area (Å²) in [5.74, 6) is -0.836. The van der Waals surface area contributed by atoms with Crippen molar-refractivity contribution in [1.82, 2.24) is 19.7 Å². The van der Waals surface area contributed by atoms with Gasteiger partial charge in [0.25, 0.3) is 10.0 Å². The molecule has 0 atom stereocenters. The maximum Gasteiger partial charge on any atom is 0.347 e. The van der Waals surface area contributed by atoms with E-state index in [9.17, 15) is 23.1 Å². The summed E-state index contributed by atoms with van der Waals surface area (Å²) in [5.41, 5.74) is 0. The molecule has 0 unspecified atom stereocenters. The zero-order valence-electron chi connectivity index (χ0n) is 14.0. The van der Waals surface area contributed by atoms with Gasteiger partial charge in [-0.3, -0.25) is 5.32 Å². The lowest BCUT2D eigenvalue weighted by molar-refractivity contribution is 0.0698. The van der Waals surface area contributed by atoms with E-state index in [4.69, 9.17) is 0 Å². The van der Waals surface area contributed by atoms with E-state index in [0.29, 0.717) is 16.3 Å². The lowest BCUT2D eigenvalue weighted by atomic mass is 10.2. The second-order valence-corrected chi connectivity index (χ2v) is 8.05. The van der Waals surface area contributed by atoms with E-state index in [-0.39, 0.29) is 16.2 Å². The molecule has 0 bridgehead atoms. The van der Waals surface area contributed by atoms with E-state index in [1.54, 1.807) is 36.8 Å². The quantitative estimate of drug-likeness (QED) is 0.593. The fraction of sp³-hybridized carbons (Fsp3) is 0.133. The van der Waals surface area contributed by atoms with Crippen molar-refractivity contribution >= 4 is 49.4 Å². The van der Waals surface area contributed by atoms with Crippen LogP contribution in [0.1, 0.15) is 21.3 Å². The van der Waals surface area contributed by atoms with Gasteiger partial charge < -0.3 is 5.11 Å². The number of thiophene rings is 1. The number of nitrogens with zero attached hydrogens (tertiary/aromatic N) is 3. The van der Waals surface area contributed by atoms with Gasteiger partial charge in [-0.25, -0.2) is 27.7 Å². The first-order valence-corrected chi connectivity index (χ1v) is 9.75. The van der Waals surface area contributed by atoms with Crippen LogP contribution < -0.4 is 10.0 Å². The molecule has 3 rings (SSSR count). The van der Waals surface area contributed by atoms with Gasteiger partial charge in [-0.2, -0.15) is 9.97 Å². The molecule has 0 saturated heterocycles. The Balaban J connectivity index is 1.95. The normalized spacial score (nSPS) is 11.3. The smallest absolute Gasteiger partial charge is 0.347 e. The van der Waals surface area contributed by atoms with Gasteiger partial charge in [-0.05, 0) is 19.9 Å². The summed E-state index contributed by atoms with van der Waals surface area (Å²) < 4.78 is 27.6. The molecule has 0 saturated carbocycles. The summed E-state index contributed by atoms with van der Waals surface area (Å²) in [6.07, 6.45) is 0. The van der Waals surface area contributed by atoms with Gasteiger partial charge in [-0.15, -0.1) is 11.3 Å². The highest BCUT2D eigenvalue weighted by Crippen LogP contribution is 2.34. The first kappa shape index (κ1) is 18.7. The van der Waals surface area contributed by atoms with Crippen molar-refractivity contribution in [1.29, 1.82) is 0 Å². The Bertz CT molecular complexity index is 1150. The van der Waals surface area contributed by atoms with Crippen LogP contribution >= 0.6 is 11.3 Å². The zero-order valence-corrected chi connectivity index (χ0v) is 15.7. The molecule has 1 aromatic carbocycles. The molecule has 2 amide bonds. The Kier molecular flexibility index (Phi) is 4.76. The minimum absolute atomic E-state index is 0.124. The molecule has 140 valence electrons. The van der Waals surface area contributed by atoms with Crippen LogP contribution in [0.25, 0.3) is 10.1 Å². The second kappa shape index (κ2) is 6.89. The number of sulfonamides is 1. The number of aromatic nitrogens is 3. The van der Waals surface area contributed by atoms with Crippen LogP contribution in [-0.4, -0.2) is 40.5 Å². The average molecular weight is 407 g/mol.